The third kappa shape index (κ3) is 3.84. The summed E-state index contributed by atoms with van der Waals surface area (Å²) in [5, 5.41) is 10.0. The van der Waals surface area contributed by atoms with Gasteiger partial charge < -0.3 is 9.47 Å². The van der Waals surface area contributed by atoms with Gasteiger partial charge in [-0.25, -0.2) is 0 Å². The summed E-state index contributed by atoms with van der Waals surface area (Å²) in [6, 6.07) is 6.92. The van der Waals surface area contributed by atoms with Crippen molar-refractivity contribution in [3.63, 3.8) is 0 Å². The molecule has 7 nitrogen and oxygen atoms in total. The number of Topliss-reactive ketones (excluding diaryl/α,β-unsaturated/α-hetero) is 1. The zero-order valence-corrected chi connectivity index (χ0v) is 20.2. The molecule has 0 radical (unpaired) electrons. The number of ketones is 1. The SMILES string of the molecule is COc1cccc(C2C3=C(OC4CCC(C)CC4C3=O)C(=O)N2c2nnc(CC(C)C)s2)c1. The number of aromatic nitrogens is 2. The quantitative estimate of drug-likeness (QED) is 0.644. The average Bonchev–Trinajstić information content (AvgIpc) is 3.36. The van der Waals surface area contributed by atoms with Crippen molar-refractivity contribution in [3.8, 4) is 5.75 Å². The number of carbonyl (C=O) groups is 2. The molecule has 3 aliphatic rings. The van der Waals surface area contributed by atoms with Crippen LogP contribution in [0.4, 0.5) is 5.13 Å². The van der Waals surface area contributed by atoms with Crippen LogP contribution in [0.1, 0.15) is 56.6 Å². The smallest absolute Gasteiger partial charge is 0.296 e. The summed E-state index contributed by atoms with van der Waals surface area (Å²) in [5.41, 5.74) is 1.25. The maximum Gasteiger partial charge on any atom is 0.296 e. The number of hydrogen-bond acceptors (Lipinski definition) is 7. The van der Waals surface area contributed by atoms with E-state index in [1.807, 2.05) is 24.3 Å². The van der Waals surface area contributed by atoms with Gasteiger partial charge in [-0.2, -0.15) is 0 Å². The zero-order valence-electron chi connectivity index (χ0n) is 19.4. The monoisotopic (exact) mass is 467 g/mol. The molecule has 4 unspecified atom stereocenters. The summed E-state index contributed by atoms with van der Waals surface area (Å²) in [6.07, 6.45) is 3.14. The Hall–Kier alpha value is -2.74. The number of rotatable bonds is 5. The Labute approximate surface area is 197 Å². The maximum absolute atomic E-state index is 13.8. The fourth-order valence-electron chi connectivity index (χ4n) is 5.18. The van der Waals surface area contributed by atoms with Crippen molar-refractivity contribution in [2.75, 3.05) is 12.0 Å². The molecule has 0 spiro atoms. The van der Waals surface area contributed by atoms with Crippen LogP contribution in [0, 0.1) is 17.8 Å². The minimum Gasteiger partial charge on any atom is -0.497 e. The molecule has 1 aliphatic carbocycles. The Balaban J connectivity index is 1.60. The summed E-state index contributed by atoms with van der Waals surface area (Å²) in [6.45, 7) is 6.42. The number of anilines is 1. The highest BCUT2D eigenvalue weighted by Crippen LogP contribution is 2.49. The number of hydrogen-bond donors (Lipinski definition) is 0. The van der Waals surface area contributed by atoms with Crippen molar-refractivity contribution in [2.45, 2.75) is 58.6 Å². The first-order valence-corrected chi connectivity index (χ1v) is 12.4. The van der Waals surface area contributed by atoms with Crippen molar-refractivity contribution in [2.24, 2.45) is 17.8 Å². The lowest BCUT2D eigenvalue weighted by molar-refractivity contribution is -0.132. The molecule has 2 aliphatic heterocycles. The van der Waals surface area contributed by atoms with E-state index < -0.39 is 6.04 Å². The lowest BCUT2D eigenvalue weighted by atomic mass is 9.74. The van der Waals surface area contributed by atoms with E-state index in [1.54, 1.807) is 12.0 Å². The number of amides is 1. The van der Waals surface area contributed by atoms with Crippen LogP contribution in [0.5, 0.6) is 5.75 Å². The van der Waals surface area contributed by atoms with Gasteiger partial charge in [0, 0.05) is 6.42 Å². The van der Waals surface area contributed by atoms with Crippen LogP contribution in [0.3, 0.4) is 0 Å². The standard InChI is InChI=1S/C25H29N3O4S/c1-13(2)10-19-26-27-25(33-19)28-21(15-6-5-7-16(12-15)31-4)20-22(29)17-11-14(3)8-9-18(17)32-23(20)24(28)30/h5-7,12-14,17-18,21H,8-11H2,1-4H3. The summed E-state index contributed by atoms with van der Waals surface area (Å²) in [4.78, 5) is 29.1. The van der Waals surface area contributed by atoms with Crippen LogP contribution in [0.25, 0.3) is 0 Å². The lowest BCUT2D eigenvalue weighted by Gasteiger charge is -2.37. The van der Waals surface area contributed by atoms with Crippen molar-refractivity contribution in [1.82, 2.24) is 10.2 Å². The van der Waals surface area contributed by atoms with E-state index in [2.05, 4.69) is 31.0 Å². The molecular weight excluding hydrogens is 438 g/mol. The molecule has 0 saturated heterocycles. The van der Waals surface area contributed by atoms with Gasteiger partial charge in [0.15, 0.2) is 11.5 Å². The first-order chi connectivity index (χ1) is 15.9. The third-order valence-corrected chi connectivity index (χ3v) is 7.71. The first kappa shape index (κ1) is 22.1. The molecule has 1 amide bonds. The van der Waals surface area contributed by atoms with Crippen molar-refractivity contribution in [3.05, 3.63) is 46.2 Å². The number of fused-ring (bicyclic) bond motifs is 1. The molecule has 2 aromatic rings. The molecule has 0 bridgehead atoms. The fraction of sp³-hybridized carbons (Fsp3) is 0.520. The van der Waals surface area contributed by atoms with E-state index in [0.29, 0.717) is 28.3 Å². The number of nitrogens with zero attached hydrogens (tertiary/aromatic N) is 3. The second-order valence-electron chi connectivity index (χ2n) is 9.72. The number of methoxy groups -OCH3 is 1. The van der Waals surface area contributed by atoms with Crippen molar-refractivity contribution >= 4 is 28.2 Å². The van der Waals surface area contributed by atoms with Gasteiger partial charge >= 0.3 is 0 Å². The van der Waals surface area contributed by atoms with Gasteiger partial charge in [-0.05, 0) is 48.8 Å². The average molecular weight is 468 g/mol. The summed E-state index contributed by atoms with van der Waals surface area (Å²) in [5.74, 6) is 1.25. The topological polar surface area (TPSA) is 81.6 Å². The first-order valence-electron chi connectivity index (χ1n) is 11.6. The Morgan fingerprint density at radius 1 is 1.24 bits per heavy atom. The Morgan fingerprint density at radius 3 is 2.82 bits per heavy atom. The van der Waals surface area contributed by atoms with E-state index in [1.165, 1.54) is 11.3 Å². The second kappa shape index (κ2) is 8.56. The fourth-order valence-corrected chi connectivity index (χ4v) is 6.25. The van der Waals surface area contributed by atoms with Crippen LogP contribution in [0.15, 0.2) is 35.6 Å². The van der Waals surface area contributed by atoms with Crippen molar-refractivity contribution in [1.29, 1.82) is 0 Å². The van der Waals surface area contributed by atoms with Crippen molar-refractivity contribution < 1.29 is 19.1 Å². The molecule has 174 valence electrons. The normalized spacial score (nSPS) is 27.0. The molecule has 1 aromatic heterocycles. The molecule has 4 atom stereocenters. The Morgan fingerprint density at radius 2 is 2.06 bits per heavy atom. The molecule has 1 fully saturated rings. The van der Waals surface area contributed by atoms with Gasteiger partial charge in [0.2, 0.25) is 5.13 Å². The third-order valence-electron chi connectivity index (χ3n) is 6.76. The van der Waals surface area contributed by atoms with Crippen LogP contribution in [-0.2, 0) is 20.7 Å². The minimum atomic E-state index is -0.604. The lowest BCUT2D eigenvalue weighted by Crippen LogP contribution is -2.41. The van der Waals surface area contributed by atoms with Crippen LogP contribution >= 0.6 is 11.3 Å². The van der Waals surface area contributed by atoms with Gasteiger partial charge in [0.1, 0.15) is 16.9 Å². The number of carbonyl (C=O) groups excluding carboxylic acids is 2. The summed E-state index contributed by atoms with van der Waals surface area (Å²) >= 11 is 1.40. The number of benzene rings is 1. The highest BCUT2D eigenvalue weighted by molar-refractivity contribution is 7.15. The Bertz CT molecular complexity index is 1120. The Kier molecular flexibility index (Phi) is 5.72. The molecule has 3 heterocycles. The van der Waals surface area contributed by atoms with E-state index in [0.717, 1.165) is 36.3 Å². The van der Waals surface area contributed by atoms with Crippen LogP contribution in [0.2, 0.25) is 0 Å². The molecule has 33 heavy (non-hydrogen) atoms. The molecule has 1 aromatic carbocycles. The van der Waals surface area contributed by atoms with Crippen LogP contribution in [-0.4, -0.2) is 35.1 Å². The number of ether oxygens (including phenoxy) is 2. The van der Waals surface area contributed by atoms with E-state index in [-0.39, 0.29) is 29.5 Å². The molecule has 1 saturated carbocycles. The second-order valence-corrected chi connectivity index (χ2v) is 10.8. The van der Waals surface area contributed by atoms with E-state index >= 15 is 0 Å². The molecule has 5 rings (SSSR count). The maximum atomic E-state index is 13.8. The van der Waals surface area contributed by atoms with Gasteiger partial charge in [0.05, 0.1) is 24.6 Å². The predicted molar refractivity (Wildman–Crippen MR) is 125 cm³/mol. The zero-order chi connectivity index (χ0) is 23.3. The van der Waals surface area contributed by atoms with Gasteiger partial charge in [-0.3, -0.25) is 14.5 Å². The minimum absolute atomic E-state index is 0.0309. The van der Waals surface area contributed by atoms with E-state index in [9.17, 15) is 9.59 Å². The molecule has 8 heteroatoms. The van der Waals surface area contributed by atoms with Gasteiger partial charge in [-0.15, -0.1) is 10.2 Å². The predicted octanol–water partition coefficient (Wildman–Crippen LogP) is 4.49. The van der Waals surface area contributed by atoms with E-state index in [4.69, 9.17) is 9.47 Å². The summed E-state index contributed by atoms with van der Waals surface area (Å²) < 4.78 is 11.7. The van der Waals surface area contributed by atoms with Gasteiger partial charge in [-0.1, -0.05) is 44.2 Å². The molecule has 0 N–H and O–H groups in total. The van der Waals surface area contributed by atoms with Gasteiger partial charge in [0.25, 0.3) is 5.91 Å². The van der Waals surface area contributed by atoms with Crippen LogP contribution < -0.4 is 9.64 Å². The largest absolute Gasteiger partial charge is 0.497 e. The highest BCUT2D eigenvalue weighted by Gasteiger charge is 2.53. The highest BCUT2D eigenvalue weighted by atomic mass is 32.1. The summed E-state index contributed by atoms with van der Waals surface area (Å²) in [7, 11) is 1.60. The molecular formula is C25H29N3O4S.